The van der Waals surface area contributed by atoms with E-state index in [2.05, 4.69) is 5.32 Å². The lowest BCUT2D eigenvalue weighted by molar-refractivity contribution is -0.124. The molecule has 1 aromatic carbocycles. The van der Waals surface area contributed by atoms with Gasteiger partial charge in [0.25, 0.3) is 0 Å². The molecule has 1 saturated heterocycles. The molecule has 1 aromatic rings. The average molecular weight is 288 g/mol. The summed E-state index contributed by atoms with van der Waals surface area (Å²) in [5.41, 5.74) is 6.65. The summed E-state index contributed by atoms with van der Waals surface area (Å²) < 4.78 is 18.9. The van der Waals surface area contributed by atoms with E-state index in [4.69, 9.17) is 22.1 Å². The van der Waals surface area contributed by atoms with Gasteiger partial charge in [0.1, 0.15) is 11.9 Å². The summed E-state index contributed by atoms with van der Waals surface area (Å²) in [5, 5.41) is 2.52. The van der Waals surface area contributed by atoms with Crippen LogP contribution in [0.3, 0.4) is 0 Å². The van der Waals surface area contributed by atoms with Gasteiger partial charge in [0.15, 0.2) is 0 Å². The van der Waals surface area contributed by atoms with Crippen LogP contribution in [0.4, 0.5) is 15.8 Å². The lowest BCUT2D eigenvalue weighted by Gasteiger charge is -2.36. The maximum atomic E-state index is 13.6. The average Bonchev–Trinajstić information content (AvgIpc) is 2.42. The summed E-state index contributed by atoms with van der Waals surface area (Å²) in [7, 11) is 1.54. The fraction of sp³-hybridized carbons (Fsp3) is 0.417. The Balaban J connectivity index is 2.37. The van der Waals surface area contributed by atoms with Gasteiger partial charge in [-0.3, -0.25) is 4.79 Å². The predicted octanol–water partition coefficient (Wildman–Crippen LogP) is 1.01. The van der Waals surface area contributed by atoms with Gasteiger partial charge < -0.3 is 20.7 Å². The van der Waals surface area contributed by atoms with Gasteiger partial charge in [0.2, 0.25) is 5.91 Å². The van der Waals surface area contributed by atoms with Crippen molar-refractivity contribution >= 4 is 28.9 Å². The molecule has 7 heteroatoms. The van der Waals surface area contributed by atoms with E-state index in [1.54, 1.807) is 11.9 Å². The first-order chi connectivity index (χ1) is 9.04. The number of ether oxygens (including phenoxy) is 1. The van der Waals surface area contributed by atoms with Crippen molar-refractivity contribution in [2.75, 3.05) is 37.4 Å². The van der Waals surface area contributed by atoms with Gasteiger partial charge in [-0.2, -0.15) is 0 Å². The fourth-order valence-corrected chi connectivity index (χ4v) is 2.25. The molecular formula is C12H15ClFN3O2. The first-order valence-electron chi connectivity index (χ1n) is 5.85. The summed E-state index contributed by atoms with van der Waals surface area (Å²) in [5.74, 6) is -0.762. The fourth-order valence-electron chi connectivity index (χ4n) is 2.08. The van der Waals surface area contributed by atoms with E-state index in [0.29, 0.717) is 24.5 Å². The number of nitrogens with two attached hydrogens (primary N) is 1. The molecule has 0 radical (unpaired) electrons. The number of amides is 1. The zero-order valence-electron chi connectivity index (χ0n) is 10.5. The Bertz CT molecular complexity index is 498. The number of nitrogens with zero attached hydrogens (tertiary/aromatic N) is 1. The van der Waals surface area contributed by atoms with E-state index in [9.17, 15) is 9.18 Å². The number of benzene rings is 1. The van der Waals surface area contributed by atoms with E-state index in [1.165, 1.54) is 12.1 Å². The Hall–Kier alpha value is -1.53. The lowest BCUT2D eigenvalue weighted by atomic mass is 10.1. The van der Waals surface area contributed by atoms with Gasteiger partial charge in [-0.25, -0.2) is 4.39 Å². The molecule has 0 aliphatic carbocycles. The Morgan fingerprint density at radius 3 is 3.05 bits per heavy atom. The number of hydrogen-bond acceptors (Lipinski definition) is 4. The first-order valence-corrected chi connectivity index (χ1v) is 6.23. The van der Waals surface area contributed by atoms with Gasteiger partial charge >= 0.3 is 0 Å². The Kier molecular flexibility index (Phi) is 4.11. The number of morpholine rings is 1. The number of anilines is 2. The zero-order chi connectivity index (χ0) is 14.0. The van der Waals surface area contributed by atoms with Crippen LogP contribution in [0.25, 0.3) is 0 Å². The standard InChI is InChI=1S/C12H15ClFN3O2/c1-16-12(18)11-6-19-3-2-17(11)10-5-8(14)7(13)4-9(10)15/h4-5,11H,2-3,6,15H2,1H3,(H,16,18). The quantitative estimate of drug-likeness (QED) is 0.797. The maximum Gasteiger partial charge on any atom is 0.244 e. The monoisotopic (exact) mass is 287 g/mol. The highest BCUT2D eigenvalue weighted by Crippen LogP contribution is 2.31. The molecule has 1 atom stereocenters. The summed E-state index contributed by atoms with van der Waals surface area (Å²) in [6.07, 6.45) is 0. The number of carbonyl (C=O) groups is 1. The SMILES string of the molecule is CNC(=O)C1COCCN1c1cc(F)c(Cl)cc1N. The van der Waals surface area contributed by atoms with Gasteiger partial charge in [-0.05, 0) is 6.07 Å². The number of likely N-dealkylation sites (N-methyl/N-ethyl adjacent to an activating group) is 1. The van der Waals surface area contributed by atoms with Crippen LogP contribution in [0, 0.1) is 5.82 Å². The van der Waals surface area contributed by atoms with Crippen molar-refractivity contribution in [3.05, 3.63) is 23.0 Å². The molecule has 1 fully saturated rings. The van der Waals surface area contributed by atoms with Crippen molar-refractivity contribution in [3.63, 3.8) is 0 Å². The molecule has 1 unspecified atom stereocenters. The van der Waals surface area contributed by atoms with Crippen LogP contribution in [0.1, 0.15) is 0 Å². The first kappa shape index (κ1) is 13.9. The summed E-state index contributed by atoms with van der Waals surface area (Å²) in [4.78, 5) is 13.6. The number of hydrogen-bond donors (Lipinski definition) is 2. The van der Waals surface area contributed by atoms with E-state index in [-0.39, 0.29) is 17.5 Å². The summed E-state index contributed by atoms with van der Waals surface area (Å²) in [6.45, 7) is 1.16. The molecule has 1 heterocycles. The number of carbonyl (C=O) groups excluding carboxylic acids is 1. The third-order valence-corrected chi connectivity index (χ3v) is 3.35. The molecule has 0 saturated carbocycles. The van der Waals surface area contributed by atoms with Crippen molar-refractivity contribution in [1.82, 2.24) is 5.32 Å². The van der Waals surface area contributed by atoms with Crippen molar-refractivity contribution in [2.45, 2.75) is 6.04 Å². The smallest absolute Gasteiger partial charge is 0.244 e. The molecule has 1 amide bonds. The summed E-state index contributed by atoms with van der Waals surface area (Å²) >= 11 is 5.67. The minimum Gasteiger partial charge on any atom is -0.397 e. The van der Waals surface area contributed by atoms with Crippen LogP contribution in [-0.4, -0.2) is 38.8 Å². The second-order valence-corrected chi connectivity index (χ2v) is 4.63. The van der Waals surface area contributed by atoms with E-state index >= 15 is 0 Å². The van der Waals surface area contributed by atoms with E-state index < -0.39 is 11.9 Å². The van der Waals surface area contributed by atoms with Crippen LogP contribution < -0.4 is 16.0 Å². The van der Waals surface area contributed by atoms with E-state index in [1.807, 2.05) is 0 Å². The molecule has 1 aliphatic heterocycles. The highest BCUT2D eigenvalue weighted by molar-refractivity contribution is 6.31. The Labute approximate surface area is 115 Å². The van der Waals surface area contributed by atoms with Crippen LogP contribution in [0.15, 0.2) is 12.1 Å². The van der Waals surface area contributed by atoms with Gasteiger partial charge in [-0.15, -0.1) is 0 Å². The third kappa shape index (κ3) is 2.74. The van der Waals surface area contributed by atoms with Crippen molar-refractivity contribution < 1.29 is 13.9 Å². The van der Waals surface area contributed by atoms with Crippen molar-refractivity contribution in [3.8, 4) is 0 Å². The Morgan fingerprint density at radius 2 is 2.37 bits per heavy atom. The van der Waals surface area contributed by atoms with Crippen LogP contribution >= 0.6 is 11.6 Å². The maximum absolute atomic E-state index is 13.6. The second-order valence-electron chi connectivity index (χ2n) is 4.22. The number of rotatable bonds is 2. The van der Waals surface area contributed by atoms with Crippen LogP contribution in [0.5, 0.6) is 0 Å². The van der Waals surface area contributed by atoms with Crippen LogP contribution in [-0.2, 0) is 9.53 Å². The van der Waals surface area contributed by atoms with Crippen molar-refractivity contribution in [1.29, 1.82) is 0 Å². The molecule has 5 nitrogen and oxygen atoms in total. The van der Waals surface area contributed by atoms with Gasteiger partial charge in [0.05, 0.1) is 29.6 Å². The van der Waals surface area contributed by atoms with E-state index in [0.717, 1.165) is 0 Å². The van der Waals surface area contributed by atoms with Crippen molar-refractivity contribution in [2.24, 2.45) is 0 Å². The molecular weight excluding hydrogens is 273 g/mol. The van der Waals surface area contributed by atoms with Crippen LogP contribution in [0.2, 0.25) is 5.02 Å². The number of nitrogen functional groups attached to an aromatic ring is 1. The lowest BCUT2D eigenvalue weighted by Crippen LogP contribution is -2.53. The highest BCUT2D eigenvalue weighted by atomic mass is 35.5. The molecule has 3 N–H and O–H groups in total. The minimum absolute atomic E-state index is 0.0361. The predicted molar refractivity (Wildman–Crippen MR) is 71.8 cm³/mol. The normalized spacial score (nSPS) is 19.3. The molecule has 1 aliphatic rings. The highest BCUT2D eigenvalue weighted by Gasteiger charge is 2.30. The van der Waals surface area contributed by atoms with Gasteiger partial charge in [0, 0.05) is 19.7 Å². The zero-order valence-corrected chi connectivity index (χ0v) is 11.2. The summed E-state index contributed by atoms with van der Waals surface area (Å²) in [6, 6.07) is 2.07. The molecule has 19 heavy (non-hydrogen) atoms. The Morgan fingerprint density at radius 1 is 1.63 bits per heavy atom. The second kappa shape index (κ2) is 5.63. The molecule has 2 rings (SSSR count). The minimum atomic E-state index is -0.562. The number of nitrogens with one attached hydrogen (secondary N) is 1. The molecule has 0 bridgehead atoms. The van der Waals surface area contributed by atoms with Gasteiger partial charge in [-0.1, -0.05) is 11.6 Å². The topological polar surface area (TPSA) is 67.6 Å². The third-order valence-electron chi connectivity index (χ3n) is 3.06. The largest absolute Gasteiger partial charge is 0.397 e. The number of halogens is 2. The molecule has 0 aromatic heterocycles. The molecule has 104 valence electrons. The molecule has 0 spiro atoms.